The molecule has 0 aromatic heterocycles. The van der Waals surface area contributed by atoms with Crippen molar-refractivity contribution in [3.8, 4) is 34.5 Å². The first-order valence-electron chi connectivity index (χ1n) is 10.7. The Hall–Kier alpha value is -4.58. The quantitative estimate of drug-likeness (QED) is 0.251. The van der Waals surface area contributed by atoms with Crippen molar-refractivity contribution in [1.82, 2.24) is 0 Å². The molecule has 0 spiro atoms. The molecular formula is C28H22O6. The summed E-state index contributed by atoms with van der Waals surface area (Å²) in [5.41, 5.74) is 4.96. The Labute approximate surface area is 195 Å². The summed E-state index contributed by atoms with van der Waals surface area (Å²) >= 11 is 0. The number of fused-ring (bicyclic) bond motifs is 1. The van der Waals surface area contributed by atoms with E-state index in [0.717, 1.165) is 22.3 Å². The van der Waals surface area contributed by atoms with Gasteiger partial charge in [0.15, 0.2) is 0 Å². The first-order chi connectivity index (χ1) is 16.3. The highest BCUT2D eigenvalue weighted by atomic mass is 16.3. The van der Waals surface area contributed by atoms with E-state index in [9.17, 15) is 30.6 Å². The van der Waals surface area contributed by atoms with Crippen LogP contribution in [0.1, 0.15) is 33.7 Å². The summed E-state index contributed by atoms with van der Waals surface area (Å²) in [5.74, 6) is -0.663. The molecule has 6 heteroatoms. The summed E-state index contributed by atoms with van der Waals surface area (Å²) < 4.78 is 0. The third kappa shape index (κ3) is 3.75. The Morgan fingerprint density at radius 3 is 1.74 bits per heavy atom. The van der Waals surface area contributed by atoms with Gasteiger partial charge in [0.2, 0.25) is 0 Å². The lowest BCUT2D eigenvalue weighted by molar-refractivity contribution is 0.446. The lowest BCUT2D eigenvalue weighted by Crippen LogP contribution is -2.02. The molecule has 1 unspecified atom stereocenters. The molecule has 1 atom stereocenters. The van der Waals surface area contributed by atoms with E-state index in [1.54, 1.807) is 66.7 Å². The Morgan fingerprint density at radius 1 is 0.559 bits per heavy atom. The van der Waals surface area contributed by atoms with Crippen LogP contribution in [-0.4, -0.2) is 30.6 Å². The summed E-state index contributed by atoms with van der Waals surface area (Å²) in [7, 11) is 0. The Balaban J connectivity index is 1.82. The van der Waals surface area contributed by atoms with Gasteiger partial charge < -0.3 is 30.6 Å². The lowest BCUT2D eigenvalue weighted by atomic mass is 9.84. The van der Waals surface area contributed by atoms with Gasteiger partial charge in [0.25, 0.3) is 0 Å². The van der Waals surface area contributed by atoms with Gasteiger partial charge in [-0.15, -0.1) is 0 Å². The number of benzene rings is 4. The highest BCUT2D eigenvalue weighted by Gasteiger charge is 2.36. The fourth-order valence-electron chi connectivity index (χ4n) is 4.74. The average Bonchev–Trinajstić information content (AvgIpc) is 3.09. The molecule has 0 aliphatic heterocycles. The lowest BCUT2D eigenvalue weighted by Gasteiger charge is -2.20. The van der Waals surface area contributed by atoms with Crippen LogP contribution in [0.2, 0.25) is 0 Å². The van der Waals surface area contributed by atoms with Crippen molar-refractivity contribution in [1.29, 1.82) is 0 Å². The molecule has 0 saturated carbocycles. The zero-order valence-electron chi connectivity index (χ0n) is 18.0. The third-order valence-corrected chi connectivity index (χ3v) is 6.13. The highest BCUT2D eigenvalue weighted by molar-refractivity contribution is 6.03. The van der Waals surface area contributed by atoms with Crippen molar-refractivity contribution < 1.29 is 30.6 Å². The Kier molecular flexibility index (Phi) is 5.06. The maximum Gasteiger partial charge on any atom is 0.124 e. The molecule has 0 heterocycles. The van der Waals surface area contributed by atoms with Gasteiger partial charge >= 0.3 is 0 Å². The van der Waals surface area contributed by atoms with Crippen LogP contribution < -0.4 is 0 Å². The van der Waals surface area contributed by atoms with Crippen molar-refractivity contribution in [3.05, 3.63) is 107 Å². The van der Waals surface area contributed by atoms with Crippen molar-refractivity contribution in [3.63, 3.8) is 0 Å². The second-order valence-electron chi connectivity index (χ2n) is 8.42. The molecule has 170 valence electrons. The predicted molar refractivity (Wildman–Crippen MR) is 128 cm³/mol. The molecule has 0 bridgehead atoms. The normalized spacial score (nSPS) is 14.9. The number of aromatic hydroxyl groups is 6. The second kappa shape index (κ2) is 8.08. The largest absolute Gasteiger partial charge is 0.508 e. The van der Waals surface area contributed by atoms with Crippen LogP contribution in [0.5, 0.6) is 34.5 Å². The minimum Gasteiger partial charge on any atom is -0.508 e. The van der Waals surface area contributed by atoms with Gasteiger partial charge in [0.05, 0.1) is 0 Å². The molecule has 1 aliphatic carbocycles. The van der Waals surface area contributed by atoms with Gasteiger partial charge in [0, 0.05) is 23.6 Å². The molecule has 1 aliphatic rings. The summed E-state index contributed by atoms with van der Waals surface area (Å²) in [5, 5.41) is 61.2. The van der Waals surface area contributed by atoms with Crippen LogP contribution in [-0.2, 0) is 6.42 Å². The summed E-state index contributed by atoms with van der Waals surface area (Å²) in [6.07, 6.45) is 0.399. The number of hydrogen-bond acceptors (Lipinski definition) is 6. The molecular weight excluding hydrogens is 432 g/mol. The Bertz CT molecular complexity index is 1400. The molecule has 0 amide bonds. The molecule has 6 nitrogen and oxygen atoms in total. The fraction of sp³-hybridized carbons (Fsp3) is 0.0714. The number of rotatable bonds is 4. The molecule has 0 fully saturated rings. The molecule has 0 radical (unpaired) electrons. The van der Waals surface area contributed by atoms with E-state index in [2.05, 4.69) is 0 Å². The van der Waals surface area contributed by atoms with Crippen molar-refractivity contribution in [2.45, 2.75) is 12.3 Å². The van der Waals surface area contributed by atoms with Gasteiger partial charge in [0.1, 0.15) is 34.5 Å². The van der Waals surface area contributed by atoms with Crippen LogP contribution in [0.3, 0.4) is 0 Å². The van der Waals surface area contributed by atoms with E-state index in [-0.39, 0.29) is 34.5 Å². The van der Waals surface area contributed by atoms with E-state index in [4.69, 9.17) is 0 Å². The smallest absolute Gasteiger partial charge is 0.124 e. The van der Waals surface area contributed by atoms with Gasteiger partial charge in [-0.05, 0) is 82.3 Å². The van der Waals surface area contributed by atoms with E-state index < -0.39 is 5.92 Å². The fourth-order valence-corrected chi connectivity index (χ4v) is 4.74. The van der Waals surface area contributed by atoms with E-state index >= 15 is 0 Å². The first-order valence-corrected chi connectivity index (χ1v) is 10.7. The van der Waals surface area contributed by atoms with E-state index in [1.807, 2.05) is 0 Å². The molecule has 0 saturated heterocycles. The monoisotopic (exact) mass is 454 g/mol. The second-order valence-corrected chi connectivity index (χ2v) is 8.42. The number of hydrogen-bond donors (Lipinski definition) is 6. The van der Waals surface area contributed by atoms with Crippen molar-refractivity contribution >= 4 is 11.1 Å². The zero-order chi connectivity index (χ0) is 24.0. The minimum absolute atomic E-state index is 0.0874. The van der Waals surface area contributed by atoms with Crippen LogP contribution in [0.25, 0.3) is 11.1 Å². The van der Waals surface area contributed by atoms with Gasteiger partial charge in [-0.1, -0.05) is 24.3 Å². The van der Waals surface area contributed by atoms with Gasteiger partial charge in [-0.2, -0.15) is 0 Å². The molecule has 4 aromatic rings. The van der Waals surface area contributed by atoms with Crippen LogP contribution in [0, 0.1) is 0 Å². The van der Waals surface area contributed by atoms with Gasteiger partial charge in [-0.3, -0.25) is 0 Å². The number of allylic oxidation sites excluding steroid dienone is 2. The van der Waals surface area contributed by atoms with Crippen molar-refractivity contribution in [2.75, 3.05) is 0 Å². The first kappa shape index (κ1) is 21.3. The maximum atomic E-state index is 10.9. The number of phenolic OH excluding ortho intramolecular Hbond substituents is 6. The highest BCUT2D eigenvalue weighted by Crippen LogP contribution is 2.55. The van der Waals surface area contributed by atoms with Crippen LogP contribution >= 0.6 is 0 Å². The number of phenols is 6. The van der Waals surface area contributed by atoms with E-state index in [0.29, 0.717) is 23.1 Å². The summed E-state index contributed by atoms with van der Waals surface area (Å²) in [6.45, 7) is 0. The Morgan fingerprint density at radius 2 is 1.12 bits per heavy atom. The van der Waals surface area contributed by atoms with Crippen LogP contribution in [0.15, 0.2) is 78.9 Å². The zero-order valence-corrected chi connectivity index (χ0v) is 18.0. The minimum atomic E-state index is -0.496. The summed E-state index contributed by atoms with van der Waals surface area (Å²) in [6, 6.07) is 20.6. The topological polar surface area (TPSA) is 121 Å². The molecule has 6 N–H and O–H groups in total. The molecule has 5 rings (SSSR count). The summed E-state index contributed by atoms with van der Waals surface area (Å²) in [4.78, 5) is 0. The average molecular weight is 454 g/mol. The van der Waals surface area contributed by atoms with Crippen LogP contribution in [0.4, 0.5) is 0 Å². The van der Waals surface area contributed by atoms with Gasteiger partial charge in [-0.25, -0.2) is 0 Å². The molecule has 34 heavy (non-hydrogen) atoms. The standard InChI is InChI=1S/C28H22O6/c29-18-5-1-15(2-6-18)9-23-24-13-22(33)14-25(34)28(24)27(16-3-7-19(30)8-4-16)26(23)17-10-20(31)12-21(32)11-17/h1-8,10-14,27,29-34H,9H2. The third-order valence-electron chi connectivity index (χ3n) is 6.13. The predicted octanol–water partition coefficient (Wildman–Crippen LogP) is 5.22. The SMILES string of the molecule is Oc1ccc(CC2=C(c3cc(O)cc(O)c3)C(c3ccc(O)cc3)c3c(O)cc(O)cc32)cc1. The van der Waals surface area contributed by atoms with Crippen molar-refractivity contribution in [2.24, 2.45) is 0 Å². The molecule has 4 aromatic carbocycles. The maximum absolute atomic E-state index is 10.9. The van der Waals surface area contributed by atoms with E-state index in [1.165, 1.54) is 12.1 Å².